The number of hydrazine groups is 1. The van der Waals surface area contributed by atoms with Gasteiger partial charge in [0.15, 0.2) is 23.3 Å². The van der Waals surface area contributed by atoms with Crippen LogP contribution in [0.5, 0.6) is 0 Å². The third-order valence-corrected chi connectivity index (χ3v) is 4.24. The molecule has 6 nitrogen and oxygen atoms in total. The summed E-state index contributed by atoms with van der Waals surface area (Å²) in [6, 6.07) is 3.96. The maximum Gasteiger partial charge on any atom is 0.314 e. The number of anilines is 1. The second-order valence-corrected chi connectivity index (χ2v) is 6.07. The van der Waals surface area contributed by atoms with Crippen molar-refractivity contribution < 1.29 is 39.9 Å². The van der Waals surface area contributed by atoms with Gasteiger partial charge in [0.1, 0.15) is 5.69 Å². The lowest BCUT2D eigenvalue weighted by Crippen LogP contribution is -2.31. The van der Waals surface area contributed by atoms with Gasteiger partial charge in [-0.15, -0.1) is 10.2 Å². The fourth-order valence-electron chi connectivity index (χ4n) is 2.80. The molecule has 1 aliphatic rings. The molecule has 4 rings (SSSR count). The number of halogens is 7. The largest absolute Gasteiger partial charge is 0.415 e. The summed E-state index contributed by atoms with van der Waals surface area (Å²) in [7, 11) is 0. The van der Waals surface area contributed by atoms with Crippen molar-refractivity contribution in [3.8, 4) is 11.5 Å². The molecule has 1 aliphatic heterocycles. The molecule has 3 aromatic rings. The second-order valence-electron chi connectivity index (χ2n) is 6.07. The molecule has 0 atom stereocenters. The van der Waals surface area contributed by atoms with E-state index in [4.69, 9.17) is 4.42 Å². The summed E-state index contributed by atoms with van der Waals surface area (Å²) < 4.78 is 97.5. The zero-order chi connectivity index (χ0) is 21.7. The molecule has 0 fully saturated rings. The molecule has 0 saturated carbocycles. The molecule has 30 heavy (non-hydrogen) atoms. The molecule has 156 valence electrons. The van der Waals surface area contributed by atoms with Gasteiger partial charge in [0.05, 0.1) is 6.54 Å². The summed E-state index contributed by atoms with van der Waals surface area (Å²) in [6.45, 7) is -0.278. The van der Waals surface area contributed by atoms with Crippen LogP contribution in [0.25, 0.3) is 11.5 Å². The SMILES string of the molecule is O=C1c2cc(-c3nnc(C(F)F)o3)ccc2CN1Nc1c(F)c(F)c(F)c(F)c1F. The van der Waals surface area contributed by atoms with Gasteiger partial charge in [-0.2, -0.15) is 8.78 Å². The van der Waals surface area contributed by atoms with Crippen LogP contribution in [0.15, 0.2) is 22.6 Å². The van der Waals surface area contributed by atoms with Crippen LogP contribution in [0.4, 0.5) is 36.4 Å². The summed E-state index contributed by atoms with van der Waals surface area (Å²) in [5.74, 6) is -13.0. The van der Waals surface area contributed by atoms with E-state index < -0.39 is 53.0 Å². The Bertz CT molecular complexity index is 1150. The number of nitrogens with one attached hydrogen (secondary N) is 1. The zero-order valence-electron chi connectivity index (χ0n) is 14.3. The Hall–Kier alpha value is -3.64. The minimum Gasteiger partial charge on any atom is -0.415 e. The lowest BCUT2D eigenvalue weighted by molar-refractivity contribution is 0.0813. The van der Waals surface area contributed by atoms with E-state index in [-0.39, 0.29) is 23.6 Å². The molecule has 0 spiro atoms. The van der Waals surface area contributed by atoms with Crippen molar-refractivity contribution in [1.82, 2.24) is 15.2 Å². The number of fused-ring (bicyclic) bond motifs is 1. The van der Waals surface area contributed by atoms with Crippen LogP contribution in [0.2, 0.25) is 0 Å². The quantitative estimate of drug-likeness (QED) is 0.377. The molecule has 1 amide bonds. The van der Waals surface area contributed by atoms with Gasteiger partial charge in [0.25, 0.3) is 11.8 Å². The topological polar surface area (TPSA) is 71.3 Å². The molecule has 0 bridgehead atoms. The molecule has 0 aliphatic carbocycles. The number of alkyl halides is 2. The van der Waals surface area contributed by atoms with Crippen molar-refractivity contribution in [1.29, 1.82) is 0 Å². The highest BCUT2D eigenvalue weighted by Gasteiger charge is 2.32. The van der Waals surface area contributed by atoms with Crippen molar-refractivity contribution >= 4 is 11.6 Å². The fourth-order valence-corrected chi connectivity index (χ4v) is 2.80. The van der Waals surface area contributed by atoms with Crippen LogP contribution in [-0.4, -0.2) is 21.1 Å². The first-order chi connectivity index (χ1) is 14.2. The van der Waals surface area contributed by atoms with E-state index >= 15 is 0 Å². The summed E-state index contributed by atoms with van der Waals surface area (Å²) in [5.41, 5.74) is 0.912. The van der Waals surface area contributed by atoms with Crippen molar-refractivity contribution in [3.63, 3.8) is 0 Å². The lowest BCUT2D eigenvalue weighted by Gasteiger charge is -2.19. The highest BCUT2D eigenvalue weighted by atomic mass is 19.3. The molecular weight excluding hydrogens is 425 g/mol. The maximum absolute atomic E-state index is 13.9. The molecule has 13 heteroatoms. The second kappa shape index (κ2) is 7.00. The molecule has 0 radical (unpaired) electrons. The molecule has 2 heterocycles. The smallest absolute Gasteiger partial charge is 0.314 e. The van der Waals surface area contributed by atoms with Gasteiger partial charge in [0, 0.05) is 11.1 Å². The van der Waals surface area contributed by atoms with Gasteiger partial charge in [-0.25, -0.2) is 27.0 Å². The molecule has 1 aromatic heterocycles. The Balaban J connectivity index is 1.64. The van der Waals surface area contributed by atoms with Gasteiger partial charge >= 0.3 is 6.43 Å². The number of benzene rings is 2. The standard InChI is InChI=1S/C17H7F7N4O2/c18-8-9(19)11(21)13(12(22)10(8)20)27-28-4-6-2-1-5(3-7(6)17(28)29)15-25-26-16(30-15)14(23)24/h1-3,14,27H,4H2. The number of hydrogen-bond donors (Lipinski definition) is 1. The summed E-state index contributed by atoms with van der Waals surface area (Å²) >= 11 is 0. The number of rotatable bonds is 4. The average Bonchev–Trinajstić information content (AvgIpc) is 3.34. The Labute approximate surface area is 161 Å². The monoisotopic (exact) mass is 432 g/mol. The van der Waals surface area contributed by atoms with Crippen LogP contribution in [0, 0.1) is 29.1 Å². The van der Waals surface area contributed by atoms with Gasteiger partial charge in [-0.05, 0) is 17.7 Å². The van der Waals surface area contributed by atoms with Gasteiger partial charge in [0.2, 0.25) is 11.7 Å². The van der Waals surface area contributed by atoms with E-state index in [1.54, 1.807) is 0 Å². The summed E-state index contributed by atoms with van der Waals surface area (Å²) in [4.78, 5) is 12.5. The maximum atomic E-state index is 13.9. The Kier molecular flexibility index (Phi) is 4.59. The Morgan fingerprint density at radius 2 is 1.60 bits per heavy atom. The first kappa shape index (κ1) is 19.7. The number of aromatic nitrogens is 2. The first-order valence-corrected chi connectivity index (χ1v) is 8.03. The van der Waals surface area contributed by atoms with Crippen molar-refractivity contribution in [2.45, 2.75) is 13.0 Å². The minimum atomic E-state index is -3.00. The van der Waals surface area contributed by atoms with E-state index in [0.29, 0.717) is 10.6 Å². The number of hydrogen-bond acceptors (Lipinski definition) is 5. The van der Waals surface area contributed by atoms with Gasteiger partial charge < -0.3 is 4.42 Å². The van der Waals surface area contributed by atoms with E-state index in [1.807, 2.05) is 5.43 Å². The lowest BCUT2D eigenvalue weighted by atomic mass is 10.1. The normalized spacial score (nSPS) is 13.3. The highest BCUT2D eigenvalue weighted by molar-refractivity contribution is 6.00. The Morgan fingerprint density at radius 1 is 0.967 bits per heavy atom. The molecular formula is C17H7F7N4O2. The summed E-state index contributed by atoms with van der Waals surface area (Å²) in [5, 5.41) is 7.23. The van der Waals surface area contributed by atoms with Gasteiger partial charge in [-0.3, -0.25) is 10.2 Å². The number of carbonyl (C=O) groups is 1. The summed E-state index contributed by atoms with van der Waals surface area (Å²) in [6.07, 6.45) is -3.00. The zero-order valence-corrected chi connectivity index (χ0v) is 14.3. The predicted molar refractivity (Wildman–Crippen MR) is 84.4 cm³/mol. The average molecular weight is 432 g/mol. The number of carbonyl (C=O) groups excluding carboxylic acids is 1. The van der Waals surface area contributed by atoms with Crippen LogP contribution in [0.3, 0.4) is 0 Å². The van der Waals surface area contributed by atoms with Crippen molar-refractivity contribution in [2.75, 3.05) is 5.43 Å². The van der Waals surface area contributed by atoms with Crippen molar-refractivity contribution in [2.24, 2.45) is 0 Å². The first-order valence-electron chi connectivity index (χ1n) is 8.03. The van der Waals surface area contributed by atoms with Crippen LogP contribution < -0.4 is 5.43 Å². The highest BCUT2D eigenvalue weighted by Crippen LogP contribution is 2.32. The molecule has 0 saturated heterocycles. The van der Waals surface area contributed by atoms with Crippen LogP contribution in [0.1, 0.15) is 28.2 Å². The molecule has 1 N–H and O–H groups in total. The number of amides is 1. The van der Waals surface area contributed by atoms with E-state index in [9.17, 15) is 35.5 Å². The van der Waals surface area contributed by atoms with E-state index in [0.717, 1.165) is 0 Å². The third-order valence-electron chi connectivity index (χ3n) is 4.24. The third kappa shape index (κ3) is 3.02. The minimum absolute atomic E-state index is 0.0272. The van der Waals surface area contributed by atoms with Crippen molar-refractivity contribution in [3.05, 3.63) is 64.3 Å². The fraction of sp³-hybridized carbons (Fsp3) is 0.118. The predicted octanol–water partition coefficient (Wildman–Crippen LogP) is 4.35. The van der Waals surface area contributed by atoms with Crippen LogP contribution >= 0.6 is 0 Å². The molecule has 2 aromatic carbocycles. The van der Waals surface area contributed by atoms with E-state index in [2.05, 4.69) is 10.2 Å². The van der Waals surface area contributed by atoms with Gasteiger partial charge in [-0.1, -0.05) is 6.07 Å². The van der Waals surface area contributed by atoms with E-state index in [1.165, 1.54) is 18.2 Å². The van der Waals surface area contributed by atoms with Crippen LogP contribution in [-0.2, 0) is 6.54 Å². The molecule has 0 unspecified atom stereocenters. The number of nitrogens with zero attached hydrogens (tertiary/aromatic N) is 3. The Morgan fingerprint density at radius 3 is 2.20 bits per heavy atom.